The number of hydrogen-bond acceptors (Lipinski definition) is 5. The van der Waals surface area contributed by atoms with Crippen LogP contribution in [0.25, 0.3) is 5.76 Å². The summed E-state index contributed by atoms with van der Waals surface area (Å²) in [4.78, 5) is 31.6. The van der Waals surface area contributed by atoms with Crippen molar-refractivity contribution in [1.82, 2.24) is 9.88 Å². The maximum Gasteiger partial charge on any atom is 0.296 e. The maximum absolute atomic E-state index is 14.9. The molecule has 4 rings (SSSR count). The molecule has 0 spiro atoms. The summed E-state index contributed by atoms with van der Waals surface area (Å²) in [5.74, 6) is -2.77. The van der Waals surface area contributed by atoms with E-state index in [9.17, 15) is 19.1 Å². The molecule has 2 aromatic carbocycles. The van der Waals surface area contributed by atoms with Crippen LogP contribution in [0.3, 0.4) is 0 Å². The molecule has 33 heavy (non-hydrogen) atoms. The van der Waals surface area contributed by atoms with Gasteiger partial charge in [0.2, 0.25) is 0 Å². The van der Waals surface area contributed by atoms with Gasteiger partial charge in [-0.3, -0.25) is 14.6 Å². The highest BCUT2D eigenvalue weighted by Crippen LogP contribution is 2.43. The van der Waals surface area contributed by atoms with Crippen molar-refractivity contribution in [3.05, 3.63) is 99.6 Å². The molecular formula is C25H20ClFN2O4. The first-order valence-electron chi connectivity index (χ1n) is 10.1. The van der Waals surface area contributed by atoms with Crippen LogP contribution in [0, 0.1) is 12.7 Å². The standard InChI is InChI=1S/C25H20ClFN2O4/c1-14-11-17(24(33-2)18(26)12-14)22(30)20-21(16-8-3-4-9-19(16)27)29(25(32)23(20)31)13-15-7-5-6-10-28-15/h3-12,21,30H,13H2,1-2H3/b22-20+. The molecule has 0 radical (unpaired) electrons. The Balaban J connectivity index is 1.95. The normalized spacial score (nSPS) is 17.5. The van der Waals surface area contributed by atoms with Crippen molar-refractivity contribution < 1.29 is 23.8 Å². The smallest absolute Gasteiger partial charge is 0.296 e. The van der Waals surface area contributed by atoms with Gasteiger partial charge in [0, 0.05) is 11.8 Å². The number of ether oxygens (including phenoxy) is 1. The average molecular weight is 467 g/mol. The van der Waals surface area contributed by atoms with Gasteiger partial charge in [0.15, 0.2) is 0 Å². The van der Waals surface area contributed by atoms with Crippen LogP contribution < -0.4 is 4.74 Å². The Bertz CT molecular complexity index is 1280. The monoisotopic (exact) mass is 466 g/mol. The minimum absolute atomic E-state index is 0.0487. The van der Waals surface area contributed by atoms with Crippen LogP contribution in [0.1, 0.15) is 28.4 Å². The number of pyridine rings is 1. The Kier molecular flexibility index (Phi) is 6.16. The van der Waals surface area contributed by atoms with Crippen LogP contribution >= 0.6 is 11.6 Å². The van der Waals surface area contributed by atoms with Gasteiger partial charge in [-0.05, 0) is 42.8 Å². The van der Waals surface area contributed by atoms with Crippen molar-refractivity contribution in [2.24, 2.45) is 0 Å². The van der Waals surface area contributed by atoms with Gasteiger partial charge in [0.05, 0.1) is 41.5 Å². The Hall–Kier alpha value is -3.71. The summed E-state index contributed by atoms with van der Waals surface area (Å²) in [6.45, 7) is 1.71. The number of methoxy groups -OCH3 is 1. The third kappa shape index (κ3) is 4.07. The van der Waals surface area contributed by atoms with Crippen molar-refractivity contribution in [3.8, 4) is 5.75 Å². The number of halogens is 2. The fraction of sp³-hybridized carbons (Fsp3) is 0.160. The van der Waals surface area contributed by atoms with E-state index in [2.05, 4.69) is 4.98 Å². The van der Waals surface area contributed by atoms with Crippen LogP contribution in [0.5, 0.6) is 5.75 Å². The third-order valence-corrected chi connectivity index (χ3v) is 5.73. The van der Waals surface area contributed by atoms with Crippen molar-refractivity contribution in [2.45, 2.75) is 19.5 Å². The molecular weight excluding hydrogens is 447 g/mol. The van der Waals surface area contributed by atoms with Crippen molar-refractivity contribution in [3.63, 3.8) is 0 Å². The first-order chi connectivity index (χ1) is 15.8. The molecule has 1 atom stereocenters. The topological polar surface area (TPSA) is 79.7 Å². The zero-order valence-electron chi connectivity index (χ0n) is 17.9. The predicted octanol–water partition coefficient (Wildman–Crippen LogP) is 4.81. The number of aryl methyl sites for hydroxylation is 1. The first kappa shape index (κ1) is 22.5. The SMILES string of the molecule is COc1c(Cl)cc(C)cc1/C(O)=C1\C(=O)C(=O)N(Cc2ccccn2)C1c1ccccc1F. The molecule has 1 aromatic heterocycles. The number of amides is 1. The Morgan fingerprint density at radius 1 is 1.18 bits per heavy atom. The number of nitrogens with zero attached hydrogens (tertiary/aromatic N) is 2. The van der Waals surface area contributed by atoms with Gasteiger partial charge in [0.25, 0.3) is 11.7 Å². The highest BCUT2D eigenvalue weighted by Gasteiger charge is 2.47. The second-order valence-electron chi connectivity index (χ2n) is 7.60. The average Bonchev–Trinajstić information content (AvgIpc) is 3.04. The van der Waals surface area contributed by atoms with Gasteiger partial charge in [-0.2, -0.15) is 0 Å². The van der Waals surface area contributed by atoms with E-state index in [1.54, 1.807) is 49.5 Å². The van der Waals surface area contributed by atoms with E-state index < -0.39 is 29.3 Å². The fourth-order valence-electron chi connectivity index (χ4n) is 3.99. The number of carbonyl (C=O) groups excluding carboxylic acids is 2. The van der Waals surface area contributed by atoms with E-state index in [1.165, 1.54) is 30.2 Å². The van der Waals surface area contributed by atoms with Gasteiger partial charge in [0.1, 0.15) is 17.3 Å². The van der Waals surface area contributed by atoms with Gasteiger partial charge in [-0.1, -0.05) is 35.9 Å². The highest BCUT2D eigenvalue weighted by molar-refractivity contribution is 6.46. The number of carbonyl (C=O) groups is 2. The molecule has 1 aliphatic rings. The molecule has 1 N–H and O–H groups in total. The van der Waals surface area contributed by atoms with E-state index in [0.717, 1.165) is 0 Å². The summed E-state index contributed by atoms with van der Waals surface area (Å²) >= 11 is 6.28. The zero-order chi connectivity index (χ0) is 23.7. The summed E-state index contributed by atoms with van der Waals surface area (Å²) < 4.78 is 20.2. The number of hydrogen-bond donors (Lipinski definition) is 1. The number of aliphatic hydroxyl groups excluding tert-OH is 1. The maximum atomic E-state index is 14.9. The minimum atomic E-state index is -1.17. The van der Waals surface area contributed by atoms with E-state index in [1.807, 2.05) is 0 Å². The lowest BCUT2D eigenvalue weighted by Gasteiger charge is -2.25. The molecule has 3 aromatic rings. The van der Waals surface area contributed by atoms with Crippen molar-refractivity contribution in [2.75, 3.05) is 7.11 Å². The number of aromatic nitrogens is 1. The Morgan fingerprint density at radius 2 is 1.91 bits per heavy atom. The summed E-state index contributed by atoms with van der Waals surface area (Å²) in [5.41, 5.74) is 1.18. The van der Waals surface area contributed by atoms with Gasteiger partial charge < -0.3 is 14.7 Å². The highest BCUT2D eigenvalue weighted by atomic mass is 35.5. The van der Waals surface area contributed by atoms with Crippen LogP contribution in [0.15, 0.2) is 66.4 Å². The molecule has 1 aliphatic heterocycles. The summed E-state index contributed by atoms with van der Waals surface area (Å²) in [6, 6.07) is 13.0. The number of aliphatic hydroxyl groups is 1. The number of Topliss-reactive ketones (excluding diaryl/α,β-unsaturated/α-hetero) is 1. The lowest BCUT2D eigenvalue weighted by atomic mass is 9.94. The number of likely N-dealkylation sites (tertiary alicyclic amines) is 1. The fourth-order valence-corrected chi connectivity index (χ4v) is 4.34. The van der Waals surface area contributed by atoms with E-state index in [0.29, 0.717) is 11.3 Å². The summed E-state index contributed by atoms with van der Waals surface area (Å²) in [7, 11) is 1.38. The molecule has 8 heteroatoms. The van der Waals surface area contributed by atoms with Crippen LogP contribution in [0.2, 0.25) is 5.02 Å². The first-order valence-corrected chi connectivity index (χ1v) is 10.5. The molecule has 2 heterocycles. The number of ketones is 1. The van der Waals surface area contributed by atoms with Crippen molar-refractivity contribution in [1.29, 1.82) is 0 Å². The molecule has 1 unspecified atom stereocenters. The number of rotatable bonds is 5. The molecule has 0 aliphatic carbocycles. The lowest BCUT2D eigenvalue weighted by molar-refractivity contribution is -0.140. The zero-order valence-corrected chi connectivity index (χ0v) is 18.6. The molecule has 1 amide bonds. The summed E-state index contributed by atoms with van der Waals surface area (Å²) in [6.07, 6.45) is 1.56. The second-order valence-corrected chi connectivity index (χ2v) is 8.00. The van der Waals surface area contributed by atoms with E-state index in [4.69, 9.17) is 16.3 Å². The quantitative estimate of drug-likeness (QED) is 0.331. The van der Waals surface area contributed by atoms with E-state index >= 15 is 0 Å². The van der Waals surface area contributed by atoms with Gasteiger partial charge in [-0.25, -0.2) is 4.39 Å². The van der Waals surface area contributed by atoms with E-state index in [-0.39, 0.29) is 34.0 Å². The molecule has 6 nitrogen and oxygen atoms in total. The molecule has 1 fully saturated rings. The number of benzene rings is 2. The van der Waals surface area contributed by atoms with Crippen LogP contribution in [-0.4, -0.2) is 33.8 Å². The third-order valence-electron chi connectivity index (χ3n) is 5.45. The van der Waals surface area contributed by atoms with Crippen LogP contribution in [0.4, 0.5) is 4.39 Å². The van der Waals surface area contributed by atoms with Crippen molar-refractivity contribution >= 4 is 29.1 Å². The molecule has 1 saturated heterocycles. The Morgan fingerprint density at radius 3 is 2.58 bits per heavy atom. The predicted molar refractivity (Wildman–Crippen MR) is 121 cm³/mol. The van der Waals surface area contributed by atoms with Gasteiger partial charge in [-0.15, -0.1) is 0 Å². The lowest BCUT2D eigenvalue weighted by Crippen LogP contribution is -2.30. The molecule has 168 valence electrons. The molecule has 0 saturated carbocycles. The Labute approximate surface area is 194 Å². The van der Waals surface area contributed by atoms with Crippen LogP contribution in [-0.2, 0) is 16.1 Å². The minimum Gasteiger partial charge on any atom is -0.507 e. The summed E-state index contributed by atoms with van der Waals surface area (Å²) in [5, 5.41) is 11.5. The van der Waals surface area contributed by atoms with Gasteiger partial charge >= 0.3 is 0 Å². The second kappa shape index (κ2) is 9.03. The largest absolute Gasteiger partial charge is 0.507 e. The molecule has 0 bridgehead atoms.